The number of anilines is 2. The maximum absolute atomic E-state index is 9.77. The Balaban J connectivity index is 1.35. The van der Waals surface area contributed by atoms with E-state index in [2.05, 4.69) is 70.1 Å². The number of pyridine rings is 2. The van der Waals surface area contributed by atoms with Crippen molar-refractivity contribution < 1.29 is 0 Å². The molecule has 1 aromatic carbocycles. The summed E-state index contributed by atoms with van der Waals surface area (Å²) in [5.41, 5.74) is 7.20. The van der Waals surface area contributed by atoms with E-state index in [4.69, 9.17) is 4.98 Å². The summed E-state index contributed by atoms with van der Waals surface area (Å²) in [6, 6.07) is 15.2. The van der Waals surface area contributed by atoms with Crippen molar-refractivity contribution in [3.05, 3.63) is 83.1 Å². The zero-order chi connectivity index (χ0) is 25.8. The lowest BCUT2D eigenvalue weighted by Crippen LogP contribution is -2.48. The lowest BCUT2D eigenvalue weighted by molar-refractivity contribution is 0.103. The number of fused-ring (bicyclic) bond motifs is 1. The molecular weight excluding hydrogens is 458 g/mol. The van der Waals surface area contributed by atoms with E-state index in [1.807, 2.05) is 36.5 Å². The Kier molecular flexibility index (Phi) is 7.31. The fourth-order valence-electron chi connectivity index (χ4n) is 4.90. The third-order valence-corrected chi connectivity index (χ3v) is 7.14. The maximum Gasteiger partial charge on any atom is 0.103 e. The van der Waals surface area contributed by atoms with Crippen LogP contribution in [0.1, 0.15) is 41.9 Å². The van der Waals surface area contributed by atoms with E-state index < -0.39 is 0 Å². The zero-order valence-electron chi connectivity index (χ0n) is 21.7. The average Bonchev–Trinajstić information content (AvgIpc) is 3.40. The first kappa shape index (κ1) is 24.7. The first-order chi connectivity index (χ1) is 18.0. The molecule has 5 rings (SSSR count). The van der Waals surface area contributed by atoms with Gasteiger partial charge in [0.25, 0.3) is 0 Å². The van der Waals surface area contributed by atoms with Crippen LogP contribution in [-0.4, -0.2) is 57.0 Å². The summed E-state index contributed by atoms with van der Waals surface area (Å²) >= 11 is 0. The quantitative estimate of drug-likeness (QED) is 0.351. The minimum atomic E-state index is 0.498. The molecule has 2 N–H and O–H groups in total. The molecule has 1 fully saturated rings. The normalized spacial score (nSPS) is 15.0. The van der Waals surface area contributed by atoms with Gasteiger partial charge in [-0.25, -0.2) is 0 Å². The van der Waals surface area contributed by atoms with Gasteiger partial charge in [-0.15, -0.1) is 0 Å². The minimum Gasteiger partial charge on any atom is -0.361 e. The number of aromatic nitrogens is 3. The number of nitriles is 1. The Morgan fingerprint density at radius 1 is 1.08 bits per heavy atom. The van der Waals surface area contributed by atoms with Gasteiger partial charge in [0.1, 0.15) is 6.07 Å². The fraction of sp³-hybridized carbons (Fsp3) is 0.300. The van der Waals surface area contributed by atoms with Crippen LogP contribution in [0.5, 0.6) is 0 Å². The molecule has 0 aliphatic carbocycles. The van der Waals surface area contributed by atoms with Gasteiger partial charge in [-0.3, -0.25) is 19.8 Å². The first-order valence-electron chi connectivity index (χ1n) is 12.8. The molecule has 37 heavy (non-hydrogen) atoms. The van der Waals surface area contributed by atoms with E-state index in [0.717, 1.165) is 77.5 Å². The van der Waals surface area contributed by atoms with E-state index in [-0.39, 0.29) is 0 Å². The molecule has 3 aromatic heterocycles. The molecule has 7 nitrogen and oxygen atoms in total. The second-order valence-corrected chi connectivity index (χ2v) is 9.86. The van der Waals surface area contributed by atoms with Gasteiger partial charge in [0, 0.05) is 79.5 Å². The highest BCUT2D eigenvalue weighted by Crippen LogP contribution is 2.31. The van der Waals surface area contributed by atoms with E-state index >= 15 is 0 Å². The molecule has 4 heterocycles. The number of benzene rings is 1. The second-order valence-electron chi connectivity index (χ2n) is 9.86. The van der Waals surface area contributed by atoms with Crippen LogP contribution in [-0.2, 0) is 6.54 Å². The van der Waals surface area contributed by atoms with Gasteiger partial charge in [-0.05, 0) is 68.8 Å². The molecule has 0 amide bonds. The van der Waals surface area contributed by atoms with Crippen LogP contribution >= 0.6 is 0 Å². The van der Waals surface area contributed by atoms with Crippen molar-refractivity contribution in [3.8, 4) is 6.07 Å². The lowest BCUT2D eigenvalue weighted by atomic mass is 10.1. The van der Waals surface area contributed by atoms with Crippen molar-refractivity contribution >= 4 is 34.4 Å². The largest absolute Gasteiger partial charge is 0.361 e. The topological polar surface area (TPSA) is 83.9 Å². The summed E-state index contributed by atoms with van der Waals surface area (Å²) in [6.45, 7) is 11.8. The van der Waals surface area contributed by atoms with Gasteiger partial charge in [0.05, 0.1) is 22.6 Å². The molecule has 188 valence electrons. The van der Waals surface area contributed by atoms with Crippen LogP contribution in [0.2, 0.25) is 0 Å². The van der Waals surface area contributed by atoms with Gasteiger partial charge in [0.2, 0.25) is 0 Å². The molecular formula is C30H33N7. The predicted octanol–water partition coefficient (Wildman–Crippen LogP) is 5.58. The molecule has 0 radical (unpaired) electrons. The Morgan fingerprint density at radius 3 is 2.70 bits per heavy atom. The number of piperazine rings is 1. The summed E-state index contributed by atoms with van der Waals surface area (Å²) in [5, 5.41) is 14.4. The zero-order valence-corrected chi connectivity index (χ0v) is 21.7. The molecule has 1 aliphatic rings. The second kappa shape index (κ2) is 11.0. The van der Waals surface area contributed by atoms with Gasteiger partial charge < -0.3 is 10.3 Å². The van der Waals surface area contributed by atoms with Gasteiger partial charge in [-0.2, -0.15) is 5.26 Å². The predicted molar refractivity (Wildman–Crippen MR) is 150 cm³/mol. The highest BCUT2D eigenvalue weighted by molar-refractivity contribution is 5.90. The fourth-order valence-corrected chi connectivity index (χ4v) is 4.90. The van der Waals surface area contributed by atoms with Crippen molar-refractivity contribution in [2.75, 3.05) is 31.5 Å². The van der Waals surface area contributed by atoms with Crippen LogP contribution in [0, 0.1) is 18.3 Å². The van der Waals surface area contributed by atoms with Crippen molar-refractivity contribution in [2.24, 2.45) is 0 Å². The molecule has 0 saturated carbocycles. The van der Waals surface area contributed by atoms with E-state index in [1.165, 1.54) is 0 Å². The number of nitrogens with zero attached hydrogens (tertiary/aromatic N) is 5. The molecule has 1 aliphatic heterocycles. The maximum atomic E-state index is 9.77. The Labute approximate surface area is 218 Å². The number of rotatable bonds is 7. The Hall–Kier alpha value is -3.99. The van der Waals surface area contributed by atoms with Crippen molar-refractivity contribution in [1.29, 1.82) is 5.26 Å². The van der Waals surface area contributed by atoms with Crippen molar-refractivity contribution in [2.45, 2.75) is 33.4 Å². The summed E-state index contributed by atoms with van der Waals surface area (Å²) < 4.78 is 0. The average molecular weight is 492 g/mol. The lowest BCUT2D eigenvalue weighted by Gasteiger charge is -2.36. The molecule has 7 heteroatoms. The van der Waals surface area contributed by atoms with Crippen LogP contribution in [0.3, 0.4) is 0 Å². The third-order valence-electron chi connectivity index (χ3n) is 7.14. The molecule has 0 spiro atoms. The summed E-state index contributed by atoms with van der Waals surface area (Å²) in [7, 11) is 0. The monoisotopic (exact) mass is 491 g/mol. The molecule has 4 aromatic rings. The van der Waals surface area contributed by atoms with Gasteiger partial charge >= 0.3 is 0 Å². The smallest absolute Gasteiger partial charge is 0.103 e. The number of hydrogen-bond acceptors (Lipinski definition) is 6. The molecule has 0 unspecified atom stereocenters. The third kappa shape index (κ3) is 5.56. The van der Waals surface area contributed by atoms with Crippen LogP contribution in [0.15, 0.2) is 55.0 Å². The van der Waals surface area contributed by atoms with Gasteiger partial charge in [0.15, 0.2) is 0 Å². The molecule has 0 bridgehead atoms. The van der Waals surface area contributed by atoms with Crippen molar-refractivity contribution in [3.63, 3.8) is 0 Å². The molecule has 1 saturated heterocycles. The van der Waals surface area contributed by atoms with Crippen molar-refractivity contribution in [1.82, 2.24) is 24.8 Å². The summed E-state index contributed by atoms with van der Waals surface area (Å²) in [4.78, 5) is 17.4. The SMILES string of the molecule is Cc1c(Nc2c(C#N)cncc2C=Cc2cccc(CN3CCN(C(C)C)CC3)n2)ccc2[nH]ccc12. The van der Waals surface area contributed by atoms with E-state index in [9.17, 15) is 5.26 Å². The highest BCUT2D eigenvalue weighted by atomic mass is 15.3. The number of hydrogen-bond donors (Lipinski definition) is 2. The van der Waals surface area contributed by atoms with E-state index in [1.54, 1.807) is 12.4 Å². The van der Waals surface area contributed by atoms with Crippen LogP contribution < -0.4 is 5.32 Å². The summed E-state index contributed by atoms with van der Waals surface area (Å²) in [6.07, 6.45) is 9.29. The highest BCUT2D eigenvalue weighted by Gasteiger charge is 2.19. The standard InChI is InChI=1S/C30H33N7/c1-21(2)37-15-13-36(14-16-37)20-26-6-4-5-25(34-26)8-7-23-18-32-19-24(17-31)30(23)35-28-9-10-29-27(22(28)3)11-12-33-29/h4-12,18-19,21,33H,13-16,20H2,1-3H3,(H,32,35). The number of nitrogens with one attached hydrogen (secondary N) is 2. The molecule has 0 atom stereocenters. The number of H-pyrrole nitrogens is 1. The van der Waals surface area contributed by atoms with Crippen LogP contribution in [0.25, 0.3) is 23.1 Å². The van der Waals surface area contributed by atoms with Crippen LogP contribution in [0.4, 0.5) is 11.4 Å². The number of aromatic amines is 1. The minimum absolute atomic E-state index is 0.498. The number of aryl methyl sites for hydroxylation is 1. The first-order valence-corrected chi connectivity index (χ1v) is 12.8. The Bertz CT molecular complexity index is 1450. The Morgan fingerprint density at radius 2 is 1.92 bits per heavy atom. The van der Waals surface area contributed by atoms with Gasteiger partial charge in [-0.1, -0.05) is 6.07 Å². The summed E-state index contributed by atoms with van der Waals surface area (Å²) in [5.74, 6) is 0. The van der Waals surface area contributed by atoms with E-state index in [0.29, 0.717) is 11.6 Å².